The predicted molar refractivity (Wildman–Crippen MR) is 109 cm³/mol. The molecule has 0 fully saturated rings. The van der Waals surface area contributed by atoms with E-state index >= 15 is 0 Å². The molecule has 0 radical (unpaired) electrons. The molecule has 28 heavy (non-hydrogen) atoms. The van der Waals surface area contributed by atoms with Crippen molar-refractivity contribution in [2.75, 3.05) is 5.32 Å². The van der Waals surface area contributed by atoms with Crippen molar-refractivity contribution in [3.05, 3.63) is 69.0 Å². The van der Waals surface area contributed by atoms with E-state index in [-0.39, 0.29) is 23.7 Å². The Morgan fingerprint density at radius 1 is 1.14 bits per heavy atom. The lowest BCUT2D eigenvalue weighted by atomic mass is 10.1. The number of nitrogens with one attached hydrogen (secondary N) is 3. The van der Waals surface area contributed by atoms with Crippen molar-refractivity contribution in [1.29, 1.82) is 0 Å². The monoisotopic (exact) mass is 414 g/mol. The number of halogens is 1. The predicted octanol–water partition coefficient (Wildman–Crippen LogP) is 4.57. The number of benzene rings is 1. The molecule has 3 aromatic heterocycles. The number of H-pyrrole nitrogens is 1. The van der Waals surface area contributed by atoms with Gasteiger partial charge in [0.1, 0.15) is 10.6 Å². The van der Waals surface area contributed by atoms with E-state index in [1.807, 2.05) is 12.3 Å². The van der Waals surface area contributed by atoms with Crippen molar-refractivity contribution in [2.24, 2.45) is 0 Å². The van der Waals surface area contributed by atoms with Crippen LogP contribution in [0.25, 0.3) is 10.2 Å². The second kappa shape index (κ2) is 7.53. The summed E-state index contributed by atoms with van der Waals surface area (Å²) in [6.45, 7) is 1.83. The number of hydrogen-bond donors (Lipinski definition) is 3. The van der Waals surface area contributed by atoms with Crippen LogP contribution >= 0.6 is 22.7 Å². The zero-order valence-electron chi connectivity index (χ0n) is 14.7. The number of carbonyl (C=O) groups is 2. The summed E-state index contributed by atoms with van der Waals surface area (Å²) in [5.41, 5.74) is 0.808. The topological polar surface area (TPSA) is 86.9 Å². The third kappa shape index (κ3) is 3.67. The van der Waals surface area contributed by atoms with Gasteiger partial charge in [-0.3, -0.25) is 14.7 Å². The lowest BCUT2D eigenvalue weighted by molar-refractivity contribution is 0.0943. The van der Waals surface area contributed by atoms with E-state index < -0.39 is 0 Å². The number of nitrogens with zero attached hydrogens (tertiary/aromatic N) is 1. The second-order valence-electron chi connectivity index (χ2n) is 6.10. The molecule has 0 bridgehead atoms. The summed E-state index contributed by atoms with van der Waals surface area (Å²) in [7, 11) is 0. The molecule has 1 atom stereocenters. The fourth-order valence-corrected chi connectivity index (χ4v) is 4.23. The molecular formula is C19H15FN4O2S2. The van der Waals surface area contributed by atoms with Gasteiger partial charge in [-0.05, 0) is 42.1 Å². The van der Waals surface area contributed by atoms with Gasteiger partial charge in [-0.15, -0.1) is 22.7 Å². The average Bonchev–Trinajstić information content (AvgIpc) is 3.40. The fourth-order valence-electron chi connectivity index (χ4n) is 2.70. The Balaban J connectivity index is 1.50. The zero-order valence-corrected chi connectivity index (χ0v) is 16.3. The van der Waals surface area contributed by atoms with Gasteiger partial charge in [0.15, 0.2) is 5.82 Å². The molecule has 142 valence electrons. The van der Waals surface area contributed by atoms with Crippen LogP contribution in [0.5, 0.6) is 0 Å². The van der Waals surface area contributed by atoms with Gasteiger partial charge in [0.25, 0.3) is 11.8 Å². The molecule has 6 nitrogen and oxygen atoms in total. The molecule has 1 aromatic carbocycles. The maximum absolute atomic E-state index is 13.1. The molecule has 4 aromatic rings. The summed E-state index contributed by atoms with van der Waals surface area (Å²) in [6, 6.07) is 11.0. The van der Waals surface area contributed by atoms with Gasteiger partial charge >= 0.3 is 0 Å². The molecule has 2 amide bonds. The molecule has 3 heterocycles. The number of rotatable bonds is 5. The third-order valence-electron chi connectivity index (χ3n) is 4.17. The minimum atomic E-state index is -0.320. The first-order valence-electron chi connectivity index (χ1n) is 8.40. The Morgan fingerprint density at radius 2 is 1.93 bits per heavy atom. The van der Waals surface area contributed by atoms with Crippen molar-refractivity contribution in [2.45, 2.75) is 13.0 Å². The lowest BCUT2D eigenvalue weighted by Gasteiger charge is -2.13. The molecule has 4 rings (SSSR count). The molecule has 0 saturated heterocycles. The average molecular weight is 414 g/mol. The van der Waals surface area contributed by atoms with Crippen molar-refractivity contribution in [3.63, 3.8) is 0 Å². The van der Waals surface area contributed by atoms with E-state index in [1.165, 1.54) is 34.8 Å². The van der Waals surface area contributed by atoms with Crippen LogP contribution in [0.4, 0.5) is 10.2 Å². The normalized spacial score (nSPS) is 12.1. The number of anilines is 1. The molecule has 3 N–H and O–H groups in total. The molecule has 0 saturated carbocycles. The van der Waals surface area contributed by atoms with E-state index in [0.29, 0.717) is 25.8 Å². The van der Waals surface area contributed by atoms with Crippen LogP contribution in [0, 0.1) is 5.82 Å². The van der Waals surface area contributed by atoms with Gasteiger partial charge in [-0.2, -0.15) is 5.10 Å². The zero-order chi connectivity index (χ0) is 19.7. The Morgan fingerprint density at radius 3 is 2.64 bits per heavy atom. The lowest BCUT2D eigenvalue weighted by Crippen LogP contribution is -2.25. The first-order chi connectivity index (χ1) is 13.5. The second-order valence-corrected chi connectivity index (χ2v) is 8.10. The van der Waals surface area contributed by atoms with Crippen molar-refractivity contribution in [1.82, 2.24) is 15.5 Å². The van der Waals surface area contributed by atoms with Gasteiger partial charge in [-0.25, -0.2) is 4.39 Å². The third-order valence-corrected chi connectivity index (χ3v) is 6.08. The maximum atomic E-state index is 13.1. The smallest absolute Gasteiger partial charge is 0.266 e. The number of aromatic amines is 1. The van der Waals surface area contributed by atoms with Crippen LogP contribution in [0.2, 0.25) is 0 Å². The van der Waals surface area contributed by atoms with Crippen molar-refractivity contribution in [3.8, 4) is 0 Å². The van der Waals surface area contributed by atoms with E-state index in [1.54, 1.807) is 30.3 Å². The van der Waals surface area contributed by atoms with E-state index in [2.05, 4.69) is 20.8 Å². The molecule has 0 unspecified atom stereocenters. The Hall–Kier alpha value is -3.04. The van der Waals surface area contributed by atoms with Crippen molar-refractivity contribution >= 4 is 50.5 Å². The van der Waals surface area contributed by atoms with Crippen molar-refractivity contribution < 1.29 is 14.0 Å². The summed E-state index contributed by atoms with van der Waals surface area (Å²) >= 11 is 2.59. The summed E-state index contributed by atoms with van der Waals surface area (Å²) in [6.07, 6.45) is 0. The highest BCUT2D eigenvalue weighted by Crippen LogP contribution is 2.30. The Labute approximate surface area is 167 Å². The summed E-state index contributed by atoms with van der Waals surface area (Å²) in [5, 5.41) is 15.1. The van der Waals surface area contributed by atoms with Gasteiger partial charge in [-0.1, -0.05) is 18.2 Å². The number of aromatic nitrogens is 2. The highest BCUT2D eigenvalue weighted by Gasteiger charge is 2.19. The standard InChI is InChI=1S/C19H15FN4O2S2/c1-10(11-4-6-12(20)7-5-11)21-18(26)15-9-13-16(23-24-19(13)28-15)22-17(25)14-3-2-8-27-14/h2-10H,1H3,(H,21,26)(H2,22,23,24,25)/t10-/m1/s1. The molecule has 9 heteroatoms. The first-order valence-corrected chi connectivity index (χ1v) is 10.1. The SMILES string of the molecule is C[C@@H](NC(=O)c1cc2c(NC(=O)c3cccs3)n[nH]c2s1)c1ccc(F)cc1. The van der Waals surface area contributed by atoms with E-state index in [0.717, 1.165) is 5.56 Å². The number of carbonyl (C=O) groups excluding carboxylic acids is 2. The number of fused-ring (bicyclic) bond motifs is 1. The summed E-state index contributed by atoms with van der Waals surface area (Å²) < 4.78 is 13.1. The number of thiophene rings is 2. The quantitative estimate of drug-likeness (QED) is 0.447. The minimum absolute atomic E-state index is 0.245. The fraction of sp³-hybridized carbons (Fsp3) is 0.105. The number of hydrogen-bond acceptors (Lipinski definition) is 5. The van der Waals surface area contributed by atoms with Gasteiger partial charge in [0, 0.05) is 0 Å². The highest BCUT2D eigenvalue weighted by atomic mass is 32.1. The summed E-state index contributed by atoms with van der Waals surface area (Å²) in [4.78, 5) is 26.6. The van der Waals surface area contributed by atoms with E-state index in [4.69, 9.17) is 0 Å². The Bertz CT molecular complexity index is 1130. The van der Waals surface area contributed by atoms with Crippen LogP contribution in [0.3, 0.4) is 0 Å². The van der Waals surface area contributed by atoms with Crippen LogP contribution in [0.1, 0.15) is 37.9 Å². The Kier molecular flexibility index (Phi) is 4.93. The van der Waals surface area contributed by atoms with Crippen LogP contribution < -0.4 is 10.6 Å². The number of amides is 2. The van der Waals surface area contributed by atoms with Crippen LogP contribution in [-0.4, -0.2) is 22.0 Å². The minimum Gasteiger partial charge on any atom is -0.345 e. The molecule has 0 aliphatic heterocycles. The summed E-state index contributed by atoms with van der Waals surface area (Å²) in [5.74, 6) is -0.428. The van der Waals surface area contributed by atoms with Crippen LogP contribution in [-0.2, 0) is 0 Å². The molecule has 0 aliphatic carbocycles. The van der Waals surface area contributed by atoms with Gasteiger partial charge < -0.3 is 10.6 Å². The van der Waals surface area contributed by atoms with E-state index in [9.17, 15) is 14.0 Å². The maximum Gasteiger partial charge on any atom is 0.266 e. The molecule has 0 aliphatic rings. The van der Waals surface area contributed by atoms with Crippen LogP contribution in [0.15, 0.2) is 47.8 Å². The largest absolute Gasteiger partial charge is 0.345 e. The van der Waals surface area contributed by atoms with Gasteiger partial charge in [0.05, 0.1) is 21.2 Å². The molecular weight excluding hydrogens is 399 g/mol. The van der Waals surface area contributed by atoms with Gasteiger partial charge in [0.2, 0.25) is 0 Å². The first kappa shape index (κ1) is 18.3. The highest BCUT2D eigenvalue weighted by molar-refractivity contribution is 7.20. The molecule has 0 spiro atoms.